The van der Waals surface area contributed by atoms with Crippen LogP contribution < -0.4 is 10.1 Å². The lowest BCUT2D eigenvalue weighted by atomic mass is 9.96. The molecule has 41 heavy (non-hydrogen) atoms. The lowest BCUT2D eigenvalue weighted by Crippen LogP contribution is -2.23. The molecule has 0 heterocycles. The first-order valence-electron chi connectivity index (χ1n) is 13.7. The molecule has 0 bridgehead atoms. The second kappa shape index (κ2) is 14.7. The molecule has 0 aliphatic carbocycles. The van der Waals surface area contributed by atoms with Gasteiger partial charge in [0.25, 0.3) is 5.91 Å². The number of benzene rings is 4. The zero-order chi connectivity index (χ0) is 29.9. The van der Waals surface area contributed by atoms with E-state index in [2.05, 4.69) is 39.9 Å². The molecular weight excluding hydrogens is 510 g/mol. The summed E-state index contributed by atoms with van der Waals surface area (Å²) in [5.41, 5.74) is 9.71. The molecular formula is C36H39NO4. The molecule has 0 aromatic heterocycles. The van der Waals surface area contributed by atoms with Gasteiger partial charge in [0, 0.05) is 17.7 Å². The Balaban J connectivity index is 0.000000239. The van der Waals surface area contributed by atoms with E-state index in [-0.39, 0.29) is 5.91 Å². The average Bonchev–Trinajstić information content (AvgIpc) is 3.00. The largest absolute Gasteiger partial charge is 0.496 e. The van der Waals surface area contributed by atoms with Gasteiger partial charge in [0.1, 0.15) is 5.75 Å². The van der Waals surface area contributed by atoms with Crippen molar-refractivity contribution in [3.05, 3.63) is 130 Å². The van der Waals surface area contributed by atoms with Gasteiger partial charge in [0.2, 0.25) is 0 Å². The predicted octanol–water partition coefficient (Wildman–Crippen LogP) is 8.36. The van der Waals surface area contributed by atoms with Gasteiger partial charge < -0.3 is 15.2 Å². The summed E-state index contributed by atoms with van der Waals surface area (Å²) in [6.45, 7) is 10.9. The maximum absolute atomic E-state index is 12.5. The number of hydrogen-bond donors (Lipinski definition) is 2. The second-order valence-corrected chi connectivity index (χ2v) is 10.1. The van der Waals surface area contributed by atoms with Crippen LogP contribution in [0.25, 0.3) is 16.7 Å². The van der Waals surface area contributed by atoms with Crippen LogP contribution in [-0.4, -0.2) is 24.1 Å². The average molecular weight is 550 g/mol. The Morgan fingerprint density at radius 2 is 1.49 bits per heavy atom. The fraction of sp³-hybridized carbons (Fsp3) is 0.222. The summed E-state index contributed by atoms with van der Waals surface area (Å²) >= 11 is 0. The van der Waals surface area contributed by atoms with Crippen LogP contribution in [0.15, 0.2) is 96.6 Å². The molecule has 0 aliphatic heterocycles. The maximum Gasteiger partial charge on any atom is 0.336 e. The second-order valence-electron chi connectivity index (χ2n) is 10.1. The Kier molecular flexibility index (Phi) is 11.0. The zero-order valence-electron chi connectivity index (χ0n) is 24.7. The van der Waals surface area contributed by atoms with E-state index in [9.17, 15) is 9.59 Å². The highest BCUT2D eigenvalue weighted by Crippen LogP contribution is 2.25. The molecule has 0 unspecified atom stereocenters. The molecule has 0 spiro atoms. The summed E-state index contributed by atoms with van der Waals surface area (Å²) < 4.78 is 5.32. The minimum atomic E-state index is -0.889. The van der Waals surface area contributed by atoms with Crippen molar-refractivity contribution in [1.29, 1.82) is 0 Å². The number of aromatic carboxylic acids is 1. The fourth-order valence-corrected chi connectivity index (χ4v) is 4.40. The highest BCUT2D eigenvalue weighted by Gasteiger charge is 2.12. The SMILES string of the molecule is CCc1ccc(-c2ccccc2C(=O)O)cc1.COc1ccccc1CNC(=O)c1ccc(C)c(C(C)=C(C)C)c1. The van der Waals surface area contributed by atoms with E-state index in [0.29, 0.717) is 17.7 Å². The molecule has 0 saturated heterocycles. The Bertz CT molecular complexity index is 1530. The monoisotopic (exact) mass is 549 g/mol. The number of allylic oxidation sites excluding steroid dienone is 2. The van der Waals surface area contributed by atoms with E-state index in [1.54, 1.807) is 19.2 Å². The van der Waals surface area contributed by atoms with Crippen LogP contribution in [0.1, 0.15) is 70.7 Å². The lowest BCUT2D eigenvalue weighted by Gasteiger charge is -2.12. The molecule has 4 aromatic rings. The quantitative estimate of drug-likeness (QED) is 0.232. The number of carbonyl (C=O) groups excluding carboxylic acids is 1. The van der Waals surface area contributed by atoms with Crippen LogP contribution in [-0.2, 0) is 13.0 Å². The number of carbonyl (C=O) groups is 2. The van der Waals surface area contributed by atoms with Crippen molar-refractivity contribution in [3.63, 3.8) is 0 Å². The van der Waals surface area contributed by atoms with Gasteiger partial charge in [-0.15, -0.1) is 0 Å². The summed E-state index contributed by atoms with van der Waals surface area (Å²) in [5, 5.41) is 12.1. The first kappa shape index (κ1) is 30.9. The van der Waals surface area contributed by atoms with Crippen LogP contribution in [0.5, 0.6) is 5.75 Å². The third-order valence-corrected chi connectivity index (χ3v) is 7.12. The van der Waals surface area contributed by atoms with Crippen molar-refractivity contribution in [3.8, 4) is 16.9 Å². The number of carboxylic acids is 1. The molecule has 0 aliphatic rings. The van der Waals surface area contributed by atoms with Gasteiger partial charge in [0.15, 0.2) is 0 Å². The molecule has 0 radical (unpaired) electrons. The number of hydrogen-bond acceptors (Lipinski definition) is 3. The van der Waals surface area contributed by atoms with E-state index in [0.717, 1.165) is 34.4 Å². The third kappa shape index (κ3) is 8.18. The summed E-state index contributed by atoms with van der Waals surface area (Å²) in [6.07, 6.45) is 0.987. The first-order valence-corrected chi connectivity index (χ1v) is 13.7. The minimum Gasteiger partial charge on any atom is -0.496 e. The molecule has 212 valence electrons. The summed E-state index contributed by atoms with van der Waals surface area (Å²) in [5.74, 6) is -0.188. The summed E-state index contributed by atoms with van der Waals surface area (Å²) in [6, 6.07) is 28.6. The van der Waals surface area contributed by atoms with Gasteiger partial charge in [-0.3, -0.25) is 4.79 Å². The number of nitrogens with one attached hydrogen (secondary N) is 1. The topological polar surface area (TPSA) is 75.6 Å². The van der Waals surface area contributed by atoms with Crippen LogP contribution in [0, 0.1) is 6.92 Å². The molecule has 1 amide bonds. The van der Waals surface area contributed by atoms with E-state index in [4.69, 9.17) is 9.84 Å². The standard InChI is InChI=1S/C21H25NO2.C15H14O2/c1-14(2)16(4)19-12-17(11-10-15(19)3)21(23)22-13-18-8-6-7-9-20(18)24-5;1-2-11-7-9-12(10-8-11)13-5-3-4-6-14(13)15(16)17/h6-12H,13H2,1-5H3,(H,22,23);3-10H,2H2,1H3,(H,16,17). The van der Waals surface area contributed by atoms with Crippen molar-refractivity contribution in [1.82, 2.24) is 5.32 Å². The van der Waals surface area contributed by atoms with Crippen LogP contribution in [0.2, 0.25) is 0 Å². The fourth-order valence-electron chi connectivity index (χ4n) is 4.40. The third-order valence-electron chi connectivity index (χ3n) is 7.12. The smallest absolute Gasteiger partial charge is 0.336 e. The number of aryl methyl sites for hydroxylation is 2. The van der Waals surface area contributed by atoms with E-state index >= 15 is 0 Å². The molecule has 2 N–H and O–H groups in total. The number of para-hydroxylation sites is 1. The number of ether oxygens (including phenoxy) is 1. The van der Waals surface area contributed by atoms with E-state index in [1.165, 1.54) is 22.3 Å². The number of carboxylic acid groups (broad SMARTS) is 1. The number of rotatable bonds is 8. The Morgan fingerprint density at radius 1 is 0.829 bits per heavy atom. The Labute approximate surface area is 243 Å². The van der Waals surface area contributed by atoms with E-state index < -0.39 is 5.97 Å². The summed E-state index contributed by atoms with van der Waals surface area (Å²) in [7, 11) is 1.63. The van der Waals surface area contributed by atoms with Gasteiger partial charge in [-0.25, -0.2) is 4.79 Å². The summed E-state index contributed by atoms with van der Waals surface area (Å²) in [4.78, 5) is 23.6. The highest BCUT2D eigenvalue weighted by atomic mass is 16.5. The first-order chi connectivity index (χ1) is 19.7. The Morgan fingerprint density at radius 3 is 2.12 bits per heavy atom. The minimum absolute atomic E-state index is 0.0799. The van der Waals surface area contributed by atoms with Gasteiger partial charge >= 0.3 is 5.97 Å². The van der Waals surface area contributed by atoms with Crippen molar-refractivity contribution >= 4 is 17.4 Å². The predicted molar refractivity (Wildman–Crippen MR) is 168 cm³/mol. The number of methoxy groups -OCH3 is 1. The van der Waals surface area contributed by atoms with Crippen LogP contribution in [0.4, 0.5) is 0 Å². The van der Waals surface area contributed by atoms with Crippen molar-refractivity contribution in [2.45, 2.75) is 47.6 Å². The lowest BCUT2D eigenvalue weighted by molar-refractivity contribution is 0.0697. The van der Waals surface area contributed by atoms with Gasteiger partial charge in [-0.2, -0.15) is 0 Å². The normalized spacial score (nSPS) is 10.2. The van der Waals surface area contributed by atoms with Gasteiger partial charge in [-0.1, -0.05) is 79.2 Å². The molecule has 4 aromatic carbocycles. The molecule has 5 nitrogen and oxygen atoms in total. The van der Waals surface area contributed by atoms with E-state index in [1.807, 2.05) is 78.9 Å². The highest BCUT2D eigenvalue weighted by molar-refractivity contribution is 5.96. The van der Waals surface area contributed by atoms with Crippen molar-refractivity contribution < 1.29 is 19.4 Å². The van der Waals surface area contributed by atoms with Crippen molar-refractivity contribution in [2.75, 3.05) is 7.11 Å². The zero-order valence-corrected chi connectivity index (χ0v) is 24.7. The molecule has 5 heteroatoms. The Hall–Kier alpha value is -4.64. The molecule has 0 saturated carbocycles. The maximum atomic E-state index is 12.5. The number of amides is 1. The molecule has 0 atom stereocenters. The van der Waals surface area contributed by atoms with Gasteiger partial charge in [-0.05, 0) is 91.8 Å². The van der Waals surface area contributed by atoms with Crippen molar-refractivity contribution in [2.24, 2.45) is 0 Å². The van der Waals surface area contributed by atoms with Crippen LogP contribution in [0.3, 0.4) is 0 Å². The molecule has 0 fully saturated rings. The molecule has 4 rings (SSSR count). The van der Waals surface area contributed by atoms with Crippen LogP contribution >= 0.6 is 0 Å². The van der Waals surface area contributed by atoms with Gasteiger partial charge in [0.05, 0.1) is 12.7 Å².